The molecule has 1 aromatic rings. The molecule has 1 fully saturated rings. The molecule has 0 radical (unpaired) electrons. The number of aryl methyl sites for hydroxylation is 1. The van der Waals surface area contributed by atoms with Gasteiger partial charge in [-0.3, -0.25) is 4.90 Å². The molecule has 84 valence electrons. The van der Waals surface area contributed by atoms with Gasteiger partial charge >= 0.3 is 0 Å². The predicted octanol–water partition coefficient (Wildman–Crippen LogP) is 2.54. The van der Waals surface area contributed by atoms with Gasteiger partial charge in [-0.05, 0) is 56.8 Å². The second-order valence-corrected chi connectivity index (χ2v) is 5.46. The maximum Gasteiger partial charge on any atom is 0.0593 e. The van der Waals surface area contributed by atoms with Crippen LogP contribution in [0.3, 0.4) is 0 Å². The smallest absolute Gasteiger partial charge is 0.0593 e. The van der Waals surface area contributed by atoms with Crippen molar-refractivity contribution >= 4 is 11.3 Å². The fourth-order valence-electron chi connectivity index (χ4n) is 2.44. The van der Waals surface area contributed by atoms with E-state index in [1.807, 2.05) is 11.3 Å². The Morgan fingerprint density at radius 1 is 1.40 bits per heavy atom. The number of hydrogen-bond acceptors (Lipinski definition) is 3. The number of likely N-dealkylation sites (tertiary alicyclic amines) is 1. The Balaban J connectivity index is 2.23. The third-order valence-electron chi connectivity index (χ3n) is 3.20. The lowest BCUT2D eigenvalue weighted by Crippen LogP contribution is -2.37. The van der Waals surface area contributed by atoms with E-state index in [-0.39, 0.29) is 6.04 Å². The van der Waals surface area contributed by atoms with E-state index in [0.717, 1.165) is 0 Å². The molecular formula is C12H20N2S. The molecule has 1 aliphatic heterocycles. The molecule has 0 amide bonds. The molecule has 2 atom stereocenters. The van der Waals surface area contributed by atoms with Crippen molar-refractivity contribution in [1.29, 1.82) is 0 Å². The highest BCUT2D eigenvalue weighted by Crippen LogP contribution is 2.32. The van der Waals surface area contributed by atoms with Gasteiger partial charge in [0.1, 0.15) is 0 Å². The van der Waals surface area contributed by atoms with E-state index in [9.17, 15) is 0 Å². The summed E-state index contributed by atoms with van der Waals surface area (Å²) < 4.78 is 0. The minimum Gasteiger partial charge on any atom is -0.326 e. The molecular weight excluding hydrogens is 204 g/mol. The largest absolute Gasteiger partial charge is 0.326 e. The van der Waals surface area contributed by atoms with Gasteiger partial charge in [0.15, 0.2) is 0 Å². The summed E-state index contributed by atoms with van der Waals surface area (Å²) in [5.74, 6) is 0. The summed E-state index contributed by atoms with van der Waals surface area (Å²) in [6.07, 6.45) is 2.65. The van der Waals surface area contributed by atoms with Gasteiger partial charge in [-0.2, -0.15) is 0 Å². The molecule has 2 unspecified atom stereocenters. The van der Waals surface area contributed by atoms with E-state index in [2.05, 4.69) is 30.2 Å². The standard InChI is InChI=1S/C12H20N2S/c1-9-5-8-15-12(9)11(10(2)13)14-6-3-4-7-14/h5,8,10-11H,3-4,6-7,13H2,1-2H3. The molecule has 2 heterocycles. The van der Waals surface area contributed by atoms with Crippen LogP contribution in [0, 0.1) is 6.92 Å². The van der Waals surface area contributed by atoms with Crippen molar-refractivity contribution in [2.24, 2.45) is 5.73 Å². The molecule has 2 N–H and O–H groups in total. The van der Waals surface area contributed by atoms with Gasteiger partial charge in [0.2, 0.25) is 0 Å². The van der Waals surface area contributed by atoms with E-state index in [1.54, 1.807) is 0 Å². The first-order valence-corrected chi connectivity index (χ1v) is 6.61. The van der Waals surface area contributed by atoms with Crippen molar-refractivity contribution < 1.29 is 0 Å². The van der Waals surface area contributed by atoms with Crippen molar-refractivity contribution in [3.63, 3.8) is 0 Å². The van der Waals surface area contributed by atoms with E-state index in [1.165, 1.54) is 36.4 Å². The number of hydrogen-bond donors (Lipinski definition) is 1. The third-order valence-corrected chi connectivity index (χ3v) is 4.29. The molecule has 1 aliphatic rings. The van der Waals surface area contributed by atoms with Crippen molar-refractivity contribution in [2.75, 3.05) is 13.1 Å². The Kier molecular flexibility index (Phi) is 3.44. The van der Waals surface area contributed by atoms with Gasteiger partial charge in [-0.25, -0.2) is 0 Å². The van der Waals surface area contributed by atoms with Crippen LogP contribution in [-0.2, 0) is 0 Å². The Bertz CT molecular complexity index is 313. The predicted molar refractivity (Wildman–Crippen MR) is 66.3 cm³/mol. The molecule has 2 nitrogen and oxygen atoms in total. The fourth-order valence-corrected chi connectivity index (χ4v) is 3.62. The maximum absolute atomic E-state index is 6.14. The van der Waals surface area contributed by atoms with Crippen LogP contribution in [-0.4, -0.2) is 24.0 Å². The van der Waals surface area contributed by atoms with Crippen LogP contribution in [0.5, 0.6) is 0 Å². The summed E-state index contributed by atoms with van der Waals surface area (Å²) in [4.78, 5) is 4.01. The number of nitrogens with zero attached hydrogens (tertiary/aromatic N) is 1. The van der Waals surface area contributed by atoms with Crippen molar-refractivity contribution in [3.8, 4) is 0 Å². The van der Waals surface area contributed by atoms with Crippen LogP contribution < -0.4 is 5.73 Å². The number of nitrogens with two attached hydrogens (primary N) is 1. The van der Waals surface area contributed by atoms with Crippen molar-refractivity contribution in [2.45, 2.75) is 38.8 Å². The van der Waals surface area contributed by atoms with Gasteiger partial charge in [0.25, 0.3) is 0 Å². The van der Waals surface area contributed by atoms with E-state index >= 15 is 0 Å². The monoisotopic (exact) mass is 224 g/mol. The molecule has 1 aromatic heterocycles. The van der Waals surface area contributed by atoms with E-state index in [4.69, 9.17) is 5.73 Å². The zero-order valence-electron chi connectivity index (χ0n) is 9.57. The number of rotatable bonds is 3. The fraction of sp³-hybridized carbons (Fsp3) is 0.667. The van der Waals surface area contributed by atoms with E-state index < -0.39 is 0 Å². The quantitative estimate of drug-likeness (QED) is 0.855. The highest BCUT2D eigenvalue weighted by molar-refractivity contribution is 7.10. The van der Waals surface area contributed by atoms with Crippen LogP contribution in [0.2, 0.25) is 0 Å². The average molecular weight is 224 g/mol. The van der Waals surface area contributed by atoms with Gasteiger partial charge in [-0.15, -0.1) is 11.3 Å². The first kappa shape index (κ1) is 11.1. The lowest BCUT2D eigenvalue weighted by atomic mass is 10.0. The summed E-state index contributed by atoms with van der Waals surface area (Å²) in [5, 5.41) is 2.18. The molecule has 0 aliphatic carbocycles. The lowest BCUT2D eigenvalue weighted by molar-refractivity contribution is 0.222. The number of thiophene rings is 1. The van der Waals surface area contributed by atoms with Gasteiger partial charge in [0.05, 0.1) is 6.04 Å². The minimum absolute atomic E-state index is 0.223. The second-order valence-electron chi connectivity index (χ2n) is 4.51. The Hall–Kier alpha value is -0.380. The summed E-state index contributed by atoms with van der Waals surface area (Å²) in [6, 6.07) is 2.86. The van der Waals surface area contributed by atoms with Gasteiger partial charge in [0, 0.05) is 10.9 Å². The van der Waals surface area contributed by atoms with Gasteiger partial charge in [-0.1, -0.05) is 0 Å². The van der Waals surface area contributed by atoms with Crippen LogP contribution in [0.1, 0.15) is 36.2 Å². The highest BCUT2D eigenvalue weighted by Gasteiger charge is 2.28. The van der Waals surface area contributed by atoms with Crippen LogP contribution in [0.4, 0.5) is 0 Å². The van der Waals surface area contributed by atoms with Gasteiger partial charge < -0.3 is 5.73 Å². The van der Waals surface area contributed by atoms with Crippen LogP contribution in [0.25, 0.3) is 0 Å². The first-order chi connectivity index (χ1) is 7.20. The molecule has 0 saturated carbocycles. The molecule has 0 spiro atoms. The second kappa shape index (κ2) is 4.64. The average Bonchev–Trinajstić information content (AvgIpc) is 2.79. The first-order valence-electron chi connectivity index (χ1n) is 5.74. The topological polar surface area (TPSA) is 29.3 Å². The molecule has 0 aromatic carbocycles. The van der Waals surface area contributed by atoms with Crippen LogP contribution in [0.15, 0.2) is 11.4 Å². The minimum atomic E-state index is 0.223. The molecule has 15 heavy (non-hydrogen) atoms. The Morgan fingerprint density at radius 2 is 2.07 bits per heavy atom. The highest BCUT2D eigenvalue weighted by atomic mass is 32.1. The summed E-state index contributed by atoms with van der Waals surface area (Å²) in [6.45, 7) is 6.74. The normalized spacial score (nSPS) is 21.8. The van der Waals surface area contributed by atoms with E-state index in [0.29, 0.717) is 6.04 Å². The zero-order chi connectivity index (χ0) is 10.8. The maximum atomic E-state index is 6.14. The summed E-state index contributed by atoms with van der Waals surface area (Å²) >= 11 is 1.85. The van der Waals surface area contributed by atoms with Crippen molar-refractivity contribution in [3.05, 3.63) is 21.9 Å². The summed E-state index contributed by atoms with van der Waals surface area (Å²) in [5.41, 5.74) is 7.54. The SMILES string of the molecule is Cc1ccsc1C(C(C)N)N1CCCC1. The Labute approximate surface area is 96.1 Å². The molecule has 3 heteroatoms. The molecule has 0 bridgehead atoms. The summed E-state index contributed by atoms with van der Waals surface area (Å²) in [7, 11) is 0. The third kappa shape index (κ3) is 2.25. The Morgan fingerprint density at radius 3 is 2.53 bits per heavy atom. The molecule has 2 rings (SSSR count). The molecule has 1 saturated heterocycles. The zero-order valence-corrected chi connectivity index (χ0v) is 10.4. The van der Waals surface area contributed by atoms with Crippen molar-refractivity contribution in [1.82, 2.24) is 4.90 Å². The van der Waals surface area contributed by atoms with Crippen LogP contribution >= 0.6 is 11.3 Å². The lowest BCUT2D eigenvalue weighted by Gasteiger charge is -2.30.